The van der Waals surface area contributed by atoms with Crippen molar-refractivity contribution in [2.24, 2.45) is 5.10 Å². The van der Waals surface area contributed by atoms with E-state index in [4.69, 9.17) is 0 Å². The Morgan fingerprint density at radius 3 is 2.64 bits per heavy atom. The summed E-state index contributed by atoms with van der Waals surface area (Å²) in [7, 11) is 0. The fourth-order valence-corrected chi connectivity index (χ4v) is 2.62. The maximum atomic E-state index is 12.0. The van der Waals surface area contributed by atoms with Gasteiger partial charge in [0.2, 0.25) is 0 Å². The maximum absolute atomic E-state index is 12.0. The van der Waals surface area contributed by atoms with E-state index in [1.165, 1.54) is 0 Å². The number of fused-ring (bicyclic) bond motifs is 1. The Balaban J connectivity index is 1.78. The summed E-state index contributed by atoms with van der Waals surface area (Å²) < 4.78 is 0.859. The van der Waals surface area contributed by atoms with Crippen molar-refractivity contribution in [1.29, 1.82) is 0 Å². The van der Waals surface area contributed by atoms with Crippen LogP contribution in [-0.4, -0.2) is 12.1 Å². The number of rotatable bonds is 3. The van der Waals surface area contributed by atoms with E-state index in [1.807, 2.05) is 54.6 Å². The molecule has 0 fully saturated rings. The number of hydrogen-bond acceptors (Lipinski definition) is 2. The van der Waals surface area contributed by atoms with Crippen molar-refractivity contribution in [2.45, 2.75) is 0 Å². The molecule has 0 aromatic heterocycles. The van der Waals surface area contributed by atoms with Crippen molar-refractivity contribution < 1.29 is 4.79 Å². The minimum absolute atomic E-state index is 0.238. The van der Waals surface area contributed by atoms with Crippen molar-refractivity contribution in [1.82, 2.24) is 5.43 Å². The van der Waals surface area contributed by atoms with Crippen molar-refractivity contribution in [3.63, 3.8) is 0 Å². The highest BCUT2D eigenvalue weighted by Crippen LogP contribution is 2.16. The molecule has 1 N–H and O–H groups in total. The molecular weight excluding hydrogens is 340 g/mol. The molecule has 0 aliphatic rings. The number of benzene rings is 3. The van der Waals surface area contributed by atoms with Gasteiger partial charge in [-0.1, -0.05) is 64.5 Å². The van der Waals surface area contributed by atoms with E-state index in [-0.39, 0.29) is 5.91 Å². The second kappa shape index (κ2) is 6.54. The van der Waals surface area contributed by atoms with Crippen molar-refractivity contribution >= 4 is 38.8 Å². The predicted octanol–water partition coefficient (Wildman–Crippen LogP) is 4.37. The van der Waals surface area contributed by atoms with Gasteiger partial charge in [-0.05, 0) is 29.0 Å². The van der Waals surface area contributed by atoms with E-state index in [1.54, 1.807) is 18.3 Å². The second-order valence-electron chi connectivity index (χ2n) is 4.78. The SMILES string of the molecule is O=C(N/N=C/c1cccc2ccccc12)c1cccc(Br)c1. The highest BCUT2D eigenvalue weighted by Gasteiger charge is 2.04. The zero-order chi connectivity index (χ0) is 15.4. The van der Waals surface area contributed by atoms with Gasteiger partial charge < -0.3 is 0 Å². The minimum atomic E-state index is -0.238. The van der Waals surface area contributed by atoms with Crippen LogP contribution in [-0.2, 0) is 0 Å². The fraction of sp³-hybridized carbons (Fsp3) is 0. The molecule has 0 spiro atoms. The molecule has 0 atom stereocenters. The van der Waals surface area contributed by atoms with E-state index < -0.39 is 0 Å². The first-order chi connectivity index (χ1) is 10.7. The van der Waals surface area contributed by atoms with Crippen LogP contribution in [0, 0.1) is 0 Å². The molecule has 0 aliphatic carbocycles. The summed E-state index contributed by atoms with van der Waals surface area (Å²) in [6, 6.07) is 21.2. The molecule has 108 valence electrons. The Labute approximate surface area is 136 Å². The number of hydrogen-bond donors (Lipinski definition) is 1. The molecule has 1 amide bonds. The van der Waals surface area contributed by atoms with Crippen LogP contribution in [0.2, 0.25) is 0 Å². The van der Waals surface area contributed by atoms with Crippen LogP contribution in [0.4, 0.5) is 0 Å². The van der Waals surface area contributed by atoms with Gasteiger partial charge in [-0.3, -0.25) is 4.79 Å². The molecule has 0 saturated heterocycles. The number of nitrogens with one attached hydrogen (secondary N) is 1. The molecule has 4 heteroatoms. The molecule has 3 nitrogen and oxygen atoms in total. The van der Waals surface area contributed by atoms with Crippen LogP contribution in [0.1, 0.15) is 15.9 Å². The van der Waals surface area contributed by atoms with Crippen LogP contribution in [0.5, 0.6) is 0 Å². The molecule has 0 unspecified atom stereocenters. The quantitative estimate of drug-likeness (QED) is 0.552. The fourth-order valence-electron chi connectivity index (χ4n) is 2.22. The first-order valence-electron chi connectivity index (χ1n) is 6.81. The normalized spacial score (nSPS) is 11.0. The summed E-state index contributed by atoms with van der Waals surface area (Å²) in [4.78, 5) is 12.0. The molecule has 0 saturated carbocycles. The summed E-state index contributed by atoms with van der Waals surface area (Å²) in [5.41, 5.74) is 4.07. The van der Waals surface area contributed by atoms with E-state index in [9.17, 15) is 4.79 Å². The summed E-state index contributed by atoms with van der Waals surface area (Å²) >= 11 is 3.34. The zero-order valence-corrected chi connectivity index (χ0v) is 13.2. The Morgan fingerprint density at radius 2 is 1.77 bits per heavy atom. The lowest BCUT2D eigenvalue weighted by molar-refractivity contribution is 0.0955. The molecule has 0 radical (unpaired) electrons. The smallest absolute Gasteiger partial charge is 0.267 e. The van der Waals surface area contributed by atoms with E-state index in [0.717, 1.165) is 20.8 Å². The van der Waals surface area contributed by atoms with Gasteiger partial charge in [0.05, 0.1) is 6.21 Å². The lowest BCUT2D eigenvalue weighted by atomic mass is 10.1. The average molecular weight is 353 g/mol. The number of hydrazone groups is 1. The van der Waals surface area contributed by atoms with Gasteiger partial charge in [0, 0.05) is 15.6 Å². The number of carbonyl (C=O) groups excluding carboxylic acids is 1. The third-order valence-electron chi connectivity index (χ3n) is 3.28. The maximum Gasteiger partial charge on any atom is 0.271 e. The van der Waals surface area contributed by atoms with Gasteiger partial charge in [-0.2, -0.15) is 5.10 Å². The number of amides is 1. The summed E-state index contributed by atoms with van der Waals surface area (Å²) in [6.45, 7) is 0. The molecule has 0 heterocycles. The van der Waals surface area contributed by atoms with Crippen molar-refractivity contribution in [2.75, 3.05) is 0 Å². The van der Waals surface area contributed by atoms with E-state index >= 15 is 0 Å². The first-order valence-corrected chi connectivity index (χ1v) is 7.60. The first kappa shape index (κ1) is 14.5. The summed E-state index contributed by atoms with van der Waals surface area (Å²) in [6.07, 6.45) is 1.66. The number of nitrogens with zero attached hydrogens (tertiary/aromatic N) is 1. The minimum Gasteiger partial charge on any atom is -0.267 e. The Kier molecular flexibility index (Phi) is 4.30. The highest BCUT2D eigenvalue weighted by molar-refractivity contribution is 9.10. The van der Waals surface area contributed by atoms with E-state index in [2.05, 4.69) is 26.5 Å². The highest BCUT2D eigenvalue weighted by atomic mass is 79.9. The van der Waals surface area contributed by atoms with Gasteiger partial charge >= 0.3 is 0 Å². The van der Waals surface area contributed by atoms with Crippen LogP contribution >= 0.6 is 15.9 Å². The lowest BCUT2D eigenvalue weighted by Gasteiger charge is -2.02. The third-order valence-corrected chi connectivity index (χ3v) is 3.77. The summed E-state index contributed by atoms with van der Waals surface area (Å²) in [5.74, 6) is -0.238. The van der Waals surface area contributed by atoms with Gasteiger partial charge in [-0.25, -0.2) is 5.43 Å². The largest absolute Gasteiger partial charge is 0.271 e. The number of halogens is 1. The summed E-state index contributed by atoms with van der Waals surface area (Å²) in [5, 5.41) is 6.30. The Bertz CT molecular complexity index is 853. The van der Waals surface area contributed by atoms with E-state index in [0.29, 0.717) is 5.56 Å². The monoisotopic (exact) mass is 352 g/mol. The molecule has 3 aromatic carbocycles. The topological polar surface area (TPSA) is 41.5 Å². The molecule has 0 bridgehead atoms. The molecule has 3 rings (SSSR count). The zero-order valence-electron chi connectivity index (χ0n) is 11.7. The molecular formula is C18H13BrN2O. The van der Waals surface area contributed by atoms with Gasteiger partial charge in [-0.15, -0.1) is 0 Å². The lowest BCUT2D eigenvalue weighted by Crippen LogP contribution is -2.17. The third kappa shape index (κ3) is 3.23. The predicted molar refractivity (Wildman–Crippen MR) is 93.2 cm³/mol. The standard InChI is InChI=1S/C18H13BrN2O/c19-16-9-4-7-14(11-16)18(22)21-20-12-15-8-3-6-13-5-1-2-10-17(13)15/h1-12H,(H,21,22)/b20-12+. The van der Waals surface area contributed by atoms with Gasteiger partial charge in [0.25, 0.3) is 5.91 Å². The number of carbonyl (C=O) groups is 1. The van der Waals surface area contributed by atoms with Gasteiger partial charge in [0.1, 0.15) is 0 Å². The van der Waals surface area contributed by atoms with Crippen LogP contribution in [0.25, 0.3) is 10.8 Å². The van der Waals surface area contributed by atoms with Crippen LogP contribution < -0.4 is 5.43 Å². The molecule has 22 heavy (non-hydrogen) atoms. The molecule has 3 aromatic rings. The van der Waals surface area contributed by atoms with Gasteiger partial charge in [0.15, 0.2) is 0 Å². The van der Waals surface area contributed by atoms with Crippen LogP contribution in [0.15, 0.2) is 76.3 Å². The van der Waals surface area contributed by atoms with Crippen molar-refractivity contribution in [3.05, 3.63) is 82.3 Å². The van der Waals surface area contributed by atoms with Crippen molar-refractivity contribution in [3.8, 4) is 0 Å². The van der Waals surface area contributed by atoms with Crippen LogP contribution in [0.3, 0.4) is 0 Å². The average Bonchev–Trinajstić information content (AvgIpc) is 2.55. The Morgan fingerprint density at radius 1 is 1.00 bits per heavy atom. The second-order valence-corrected chi connectivity index (χ2v) is 5.69. The Hall–Kier alpha value is -2.46. The molecule has 0 aliphatic heterocycles.